The molecule has 1 N–H and O–H groups in total. The topological polar surface area (TPSA) is 90.9 Å². The maximum Gasteiger partial charge on any atom is 0.229 e. The number of rotatable bonds is 5. The Balaban J connectivity index is 1.36. The molecule has 30 heavy (non-hydrogen) atoms. The normalized spacial score (nSPS) is 19.8. The van der Waals surface area contributed by atoms with Crippen molar-refractivity contribution in [3.05, 3.63) is 36.7 Å². The Morgan fingerprint density at radius 1 is 1.17 bits per heavy atom. The van der Waals surface area contributed by atoms with Gasteiger partial charge in [-0.3, -0.25) is 9.59 Å². The molecule has 0 saturated carbocycles. The molecule has 2 saturated heterocycles. The Labute approximate surface area is 175 Å². The highest BCUT2D eigenvalue weighted by Gasteiger charge is 2.35. The Morgan fingerprint density at radius 3 is 2.60 bits per heavy atom. The van der Waals surface area contributed by atoms with Crippen LogP contribution in [0.15, 0.2) is 36.7 Å². The lowest BCUT2D eigenvalue weighted by atomic mass is 10.1. The van der Waals surface area contributed by atoms with Gasteiger partial charge < -0.3 is 24.8 Å². The summed E-state index contributed by atoms with van der Waals surface area (Å²) in [5.41, 5.74) is 1.26. The van der Waals surface area contributed by atoms with E-state index in [0.29, 0.717) is 23.9 Å². The van der Waals surface area contributed by atoms with Gasteiger partial charge in [0.1, 0.15) is 5.75 Å². The molecular formula is C21H26N6O3. The number of hydrogen-bond acceptors (Lipinski definition) is 7. The molecule has 2 fully saturated rings. The minimum atomic E-state index is -0.430. The molecule has 3 heterocycles. The SMILES string of the molecule is COc1cccc(N2CC(C(=O)Nc3cnc(N4CCN(C)CC4)nc3)CC2=O)c1. The molecule has 4 rings (SSSR count). The van der Waals surface area contributed by atoms with E-state index in [2.05, 4.69) is 32.1 Å². The van der Waals surface area contributed by atoms with Crippen molar-refractivity contribution < 1.29 is 14.3 Å². The molecule has 9 nitrogen and oxygen atoms in total. The van der Waals surface area contributed by atoms with Gasteiger partial charge >= 0.3 is 0 Å². The number of anilines is 3. The van der Waals surface area contributed by atoms with Crippen LogP contribution in [-0.2, 0) is 9.59 Å². The first-order chi connectivity index (χ1) is 14.5. The van der Waals surface area contributed by atoms with Gasteiger partial charge in [0.15, 0.2) is 0 Å². The summed E-state index contributed by atoms with van der Waals surface area (Å²) in [4.78, 5) is 40.0. The third-order valence-electron chi connectivity index (χ3n) is 5.55. The first kappa shape index (κ1) is 20.1. The highest BCUT2D eigenvalue weighted by Crippen LogP contribution is 2.28. The summed E-state index contributed by atoms with van der Waals surface area (Å²) in [5, 5.41) is 2.84. The van der Waals surface area contributed by atoms with Crippen molar-refractivity contribution in [3.8, 4) is 5.75 Å². The molecule has 9 heteroatoms. The number of aromatic nitrogens is 2. The number of piperazine rings is 1. The van der Waals surface area contributed by atoms with Crippen LogP contribution in [0, 0.1) is 5.92 Å². The smallest absolute Gasteiger partial charge is 0.229 e. The molecular weight excluding hydrogens is 384 g/mol. The highest BCUT2D eigenvalue weighted by atomic mass is 16.5. The summed E-state index contributed by atoms with van der Waals surface area (Å²) in [6.45, 7) is 4.04. The van der Waals surface area contributed by atoms with E-state index in [4.69, 9.17) is 4.74 Å². The lowest BCUT2D eigenvalue weighted by Gasteiger charge is -2.32. The molecule has 0 aliphatic carbocycles. The zero-order valence-electron chi connectivity index (χ0n) is 17.2. The Morgan fingerprint density at radius 2 is 1.90 bits per heavy atom. The van der Waals surface area contributed by atoms with Gasteiger partial charge in [0.25, 0.3) is 0 Å². The number of hydrogen-bond donors (Lipinski definition) is 1. The van der Waals surface area contributed by atoms with E-state index >= 15 is 0 Å². The monoisotopic (exact) mass is 410 g/mol. The molecule has 1 unspecified atom stereocenters. The second-order valence-corrected chi connectivity index (χ2v) is 7.66. The van der Waals surface area contributed by atoms with E-state index in [0.717, 1.165) is 31.9 Å². The minimum absolute atomic E-state index is 0.0786. The summed E-state index contributed by atoms with van der Waals surface area (Å²) in [6.07, 6.45) is 3.41. The van der Waals surface area contributed by atoms with E-state index in [1.54, 1.807) is 30.5 Å². The summed E-state index contributed by atoms with van der Waals surface area (Å²) >= 11 is 0. The quantitative estimate of drug-likeness (QED) is 0.793. The van der Waals surface area contributed by atoms with E-state index in [1.165, 1.54) is 0 Å². The second-order valence-electron chi connectivity index (χ2n) is 7.66. The average Bonchev–Trinajstić information content (AvgIpc) is 3.17. The molecule has 0 radical (unpaired) electrons. The summed E-state index contributed by atoms with van der Waals surface area (Å²) in [7, 11) is 3.68. The van der Waals surface area contributed by atoms with Crippen LogP contribution >= 0.6 is 0 Å². The van der Waals surface area contributed by atoms with Crippen LogP contribution < -0.4 is 19.9 Å². The number of likely N-dealkylation sites (N-methyl/N-ethyl adjacent to an activating group) is 1. The fraction of sp³-hybridized carbons (Fsp3) is 0.429. The third kappa shape index (κ3) is 4.35. The van der Waals surface area contributed by atoms with Crippen molar-refractivity contribution in [2.45, 2.75) is 6.42 Å². The van der Waals surface area contributed by atoms with Crippen molar-refractivity contribution in [1.82, 2.24) is 14.9 Å². The van der Waals surface area contributed by atoms with Crippen LogP contribution in [0.3, 0.4) is 0 Å². The zero-order valence-corrected chi connectivity index (χ0v) is 17.2. The van der Waals surface area contributed by atoms with Crippen LogP contribution in [-0.4, -0.2) is 73.6 Å². The lowest BCUT2D eigenvalue weighted by Crippen LogP contribution is -2.45. The number of benzene rings is 1. The first-order valence-corrected chi connectivity index (χ1v) is 10.0. The van der Waals surface area contributed by atoms with Crippen molar-refractivity contribution in [2.24, 2.45) is 5.92 Å². The van der Waals surface area contributed by atoms with Gasteiger partial charge in [-0.25, -0.2) is 9.97 Å². The number of amides is 2. The Hall–Kier alpha value is -3.20. The van der Waals surface area contributed by atoms with Crippen molar-refractivity contribution in [3.63, 3.8) is 0 Å². The van der Waals surface area contributed by atoms with E-state index in [1.807, 2.05) is 18.2 Å². The summed E-state index contributed by atoms with van der Waals surface area (Å²) in [5.74, 6) is 0.628. The van der Waals surface area contributed by atoms with Crippen LogP contribution in [0.2, 0.25) is 0 Å². The fourth-order valence-corrected chi connectivity index (χ4v) is 3.71. The van der Waals surface area contributed by atoms with E-state index in [9.17, 15) is 9.59 Å². The van der Waals surface area contributed by atoms with Crippen LogP contribution in [0.1, 0.15) is 6.42 Å². The van der Waals surface area contributed by atoms with Crippen molar-refractivity contribution >= 4 is 29.1 Å². The number of methoxy groups -OCH3 is 1. The molecule has 158 valence electrons. The van der Waals surface area contributed by atoms with Gasteiger partial charge in [0, 0.05) is 50.9 Å². The van der Waals surface area contributed by atoms with E-state index < -0.39 is 5.92 Å². The molecule has 2 amide bonds. The van der Waals surface area contributed by atoms with Gasteiger partial charge in [-0.2, -0.15) is 0 Å². The van der Waals surface area contributed by atoms with E-state index in [-0.39, 0.29) is 18.2 Å². The molecule has 1 aromatic heterocycles. The van der Waals surface area contributed by atoms with Gasteiger partial charge in [0.05, 0.1) is 31.1 Å². The molecule has 2 aliphatic rings. The number of nitrogens with zero attached hydrogens (tertiary/aromatic N) is 5. The summed E-state index contributed by atoms with van der Waals surface area (Å²) < 4.78 is 5.22. The van der Waals surface area contributed by atoms with Gasteiger partial charge in [-0.05, 0) is 19.2 Å². The van der Waals surface area contributed by atoms with Gasteiger partial charge in [-0.1, -0.05) is 6.07 Å². The van der Waals surface area contributed by atoms with Gasteiger partial charge in [0.2, 0.25) is 17.8 Å². The summed E-state index contributed by atoms with van der Waals surface area (Å²) in [6, 6.07) is 7.28. The first-order valence-electron chi connectivity index (χ1n) is 10.0. The Kier molecular flexibility index (Phi) is 5.80. The molecule has 2 aromatic rings. The molecule has 2 aliphatic heterocycles. The lowest BCUT2D eigenvalue weighted by molar-refractivity contribution is -0.122. The maximum atomic E-state index is 12.7. The molecule has 0 spiro atoms. The zero-order chi connectivity index (χ0) is 21.1. The molecule has 1 atom stereocenters. The Bertz CT molecular complexity index is 911. The highest BCUT2D eigenvalue weighted by molar-refractivity contribution is 6.03. The van der Waals surface area contributed by atoms with Crippen molar-refractivity contribution in [1.29, 1.82) is 0 Å². The predicted octanol–water partition coefficient (Wildman–Crippen LogP) is 1.23. The number of nitrogens with one attached hydrogen (secondary N) is 1. The second kappa shape index (κ2) is 8.66. The van der Waals surface area contributed by atoms with Crippen LogP contribution in [0.25, 0.3) is 0 Å². The third-order valence-corrected chi connectivity index (χ3v) is 5.55. The van der Waals surface area contributed by atoms with Crippen LogP contribution in [0.4, 0.5) is 17.3 Å². The maximum absolute atomic E-state index is 12.7. The number of carbonyl (C=O) groups is 2. The molecule has 1 aromatic carbocycles. The van der Waals surface area contributed by atoms with Crippen molar-refractivity contribution in [2.75, 3.05) is 62.0 Å². The average molecular weight is 410 g/mol. The predicted molar refractivity (Wildman–Crippen MR) is 114 cm³/mol. The number of carbonyl (C=O) groups excluding carboxylic acids is 2. The largest absolute Gasteiger partial charge is 0.497 e. The standard InChI is InChI=1S/C21H26N6O3/c1-25-6-8-26(9-7-25)21-22-12-16(13-23-21)24-20(29)15-10-19(28)27(14-15)17-4-3-5-18(11-17)30-2/h3-5,11-13,15H,6-10,14H2,1-2H3,(H,24,29). The molecule has 0 bridgehead atoms. The van der Waals surface area contributed by atoms with Crippen LogP contribution in [0.5, 0.6) is 5.75 Å². The fourth-order valence-electron chi connectivity index (χ4n) is 3.71. The number of ether oxygens (including phenoxy) is 1. The van der Waals surface area contributed by atoms with Gasteiger partial charge in [-0.15, -0.1) is 0 Å². The minimum Gasteiger partial charge on any atom is -0.497 e.